The van der Waals surface area contributed by atoms with Gasteiger partial charge in [-0.05, 0) is 12.3 Å². The van der Waals surface area contributed by atoms with Gasteiger partial charge in [-0.25, -0.2) is 0 Å². The Kier molecular flexibility index (Phi) is 8.31. The van der Waals surface area contributed by atoms with Crippen LogP contribution in [0.3, 0.4) is 0 Å². The fourth-order valence-corrected chi connectivity index (χ4v) is 1.68. The molecule has 7 heteroatoms. The molecule has 5 N–H and O–H groups in total. The van der Waals surface area contributed by atoms with Crippen molar-refractivity contribution in [2.45, 2.75) is 50.8 Å². The first-order valence-corrected chi connectivity index (χ1v) is 6.15. The molecule has 0 heterocycles. The van der Waals surface area contributed by atoms with Gasteiger partial charge in [-0.15, -0.1) is 0 Å². The molecule has 0 aliphatic carbocycles. The van der Waals surface area contributed by atoms with Crippen molar-refractivity contribution in [1.29, 1.82) is 0 Å². The molecule has 19 heavy (non-hydrogen) atoms. The van der Waals surface area contributed by atoms with Gasteiger partial charge in [0.05, 0.1) is 12.7 Å². The average Bonchev–Trinajstić information content (AvgIpc) is 2.40. The normalized spacial score (nSPS) is 19.8. The van der Waals surface area contributed by atoms with E-state index in [9.17, 15) is 20.1 Å². The highest BCUT2D eigenvalue weighted by Gasteiger charge is 2.37. The van der Waals surface area contributed by atoms with E-state index in [4.69, 9.17) is 14.9 Å². The number of aliphatic hydroxyl groups excluding tert-OH is 5. The van der Waals surface area contributed by atoms with Gasteiger partial charge < -0.3 is 30.3 Å². The highest BCUT2D eigenvalue weighted by atomic mass is 16.5. The number of aliphatic hydroxyl groups is 5. The number of Topliss-reactive ketones (excluding diaryl/α,β-unsaturated/α-hetero) is 1. The molecule has 0 aromatic rings. The van der Waals surface area contributed by atoms with Crippen molar-refractivity contribution in [2.75, 3.05) is 13.7 Å². The standard InChI is InChI=1S/C12H24O7/c1-6(2)4-8(19-3)10(16)12(18)11(17)9(15)7(14)5-13/h6-10,12-16,18H,4-5H2,1-3H3/t7-,8?,9-,10?,12+/m1/s1. The van der Waals surface area contributed by atoms with Gasteiger partial charge in [0.15, 0.2) is 5.78 Å². The molecule has 0 saturated heterocycles. The molecule has 0 fully saturated rings. The van der Waals surface area contributed by atoms with Crippen molar-refractivity contribution in [3.63, 3.8) is 0 Å². The van der Waals surface area contributed by atoms with Crippen molar-refractivity contribution < 1.29 is 35.1 Å². The molecule has 0 amide bonds. The summed E-state index contributed by atoms with van der Waals surface area (Å²) in [6, 6.07) is 0. The topological polar surface area (TPSA) is 127 Å². The lowest BCUT2D eigenvalue weighted by Crippen LogP contribution is -2.50. The maximum Gasteiger partial charge on any atom is 0.195 e. The van der Waals surface area contributed by atoms with Crippen LogP contribution in [-0.4, -0.2) is 75.6 Å². The highest BCUT2D eigenvalue weighted by Crippen LogP contribution is 2.15. The van der Waals surface area contributed by atoms with E-state index in [2.05, 4.69) is 0 Å². The van der Waals surface area contributed by atoms with Gasteiger partial charge in [0.2, 0.25) is 0 Å². The van der Waals surface area contributed by atoms with E-state index in [1.54, 1.807) is 0 Å². The lowest BCUT2D eigenvalue weighted by molar-refractivity contribution is -0.155. The molecule has 2 unspecified atom stereocenters. The molecule has 0 saturated carbocycles. The molecule has 0 aliphatic rings. The van der Waals surface area contributed by atoms with Crippen LogP contribution in [0.5, 0.6) is 0 Å². The molecule has 0 rings (SSSR count). The van der Waals surface area contributed by atoms with E-state index in [1.165, 1.54) is 7.11 Å². The quantitative estimate of drug-likeness (QED) is 0.332. The fourth-order valence-electron chi connectivity index (χ4n) is 1.68. The van der Waals surface area contributed by atoms with Crippen molar-refractivity contribution >= 4 is 5.78 Å². The third-order valence-corrected chi connectivity index (χ3v) is 2.85. The number of carbonyl (C=O) groups excluding carboxylic acids is 1. The largest absolute Gasteiger partial charge is 0.394 e. The SMILES string of the molecule is COC(CC(C)C)C(O)[C@H](O)C(=O)[C@H](O)[C@H](O)CO. The number of ether oxygens (including phenoxy) is 1. The molecule has 0 aromatic carbocycles. The van der Waals surface area contributed by atoms with E-state index >= 15 is 0 Å². The summed E-state index contributed by atoms with van der Waals surface area (Å²) in [7, 11) is 1.34. The molecule has 0 aliphatic heterocycles. The van der Waals surface area contributed by atoms with Crippen LogP contribution >= 0.6 is 0 Å². The van der Waals surface area contributed by atoms with Gasteiger partial charge in [-0.2, -0.15) is 0 Å². The number of hydrogen-bond donors (Lipinski definition) is 5. The molecule has 0 radical (unpaired) electrons. The van der Waals surface area contributed by atoms with E-state index < -0.39 is 42.9 Å². The summed E-state index contributed by atoms with van der Waals surface area (Å²) in [6.45, 7) is 2.95. The average molecular weight is 280 g/mol. The predicted octanol–water partition coefficient (Wildman–Crippen LogP) is -1.95. The van der Waals surface area contributed by atoms with Crippen molar-refractivity contribution in [2.24, 2.45) is 5.92 Å². The van der Waals surface area contributed by atoms with Gasteiger partial charge >= 0.3 is 0 Å². The summed E-state index contributed by atoms with van der Waals surface area (Å²) in [5.41, 5.74) is 0. The van der Waals surface area contributed by atoms with Crippen molar-refractivity contribution in [3.05, 3.63) is 0 Å². The fraction of sp³-hybridized carbons (Fsp3) is 0.917. The van der Waals surface area contributed by atoms with Crippen LogP contribution in [0.15, 0.2) is 0 Å². The minimum absolute atomic E-state index is 0.176. The van der Waals surface area contributed by atoms with Crippen LogP contribution < -0.4 is 0 Å². The monoisotopic (exact) mass is 280 g/mol. The summed E-state index contributed by atoms with van der Waals surface area (Å²) < 4.78 is 5.01. The Balaban J connectivity index is 4.69. The molecule has 0 bridgehead atoms. The molecule has 0 spiro atoms. The summed E-state index contributed by atoms with van der Waals surface area (Å²) in [5, 5.41) is 46.6. The van der Waals surface area contributed by atoms with Crippen molar-refractivity contribution in [3.8, 4) is 0 Å². The zero-order valence-electron chi connectivity index (χ0n) is 11.4. The second kappa shape index (κ2) is 8.57. The Hall–Kier alpha value is -0.570. The minimum atomic E-state index is -1.95. The van der Waals surface area contributed by atoms with Crippen LogP contribution in [0.4, 0.5) is 0 Å². The van der Waals surface area contributed by atoms with Gasteiger partial charge in [0.1, 0.15) is 24.4 Å². The van der Waals surface area contributed by atoms with Crippen LogP contribution in [0.1, 0.15) is 20.3 Å². The van der Waals surface area contributed by atoms with Crippen molar-refractivity contribution in [1.82, 2.24) is 0 Å². The van der Waals surface area contributed by atoms with E-state index in [-0.39, 0.29) is 5.92 Å². The smallest absolute Gasteiger partial charge is 0.195 e. The third-order valence-electron chi connectivity index (χ3n) is 2.85. The number of methoxy groups -OCH3 is 1. The molecular formula is C12H24O7. The summed E-state index contributed by atoms with van der Waals surface area (Å²) in [6.07, 6.45) is -7.40. The van der Waals surface area contributed by atoms with Gasteiger partial charge in [0.25, 0.3) is 0 Å². The Labute approximate surface area is 112 Å². The number of carbonyl (C=O) groups is 1. The molecular weight excluding hydrogens is 256 g/mol. The number of ketones is 1. The minimum Gasteiger partial charge on any atom is -0.394 e. The zero-order chi connectivity index (χ0) is 15.2. The Bertz CT molecular complexity index is 269. The molecule has 7 nitrogen and oxygen atoms in total. The van der Waals surface area contributed by atoms with Crippen LogP contribution in [-0.2, 0) is 9.53 Å². The molecule has 114 valence electrons. The highest BCUT2D eigenvalue weighted by molar-refractivity contribution is 5.88. The first-order valence-electron chi connectivity index (χ1n) is 6.15. The van der Waals surface area contributed by atoms with Crippen LogP contribution in [0.25, 0.3) is 0 Å². The first kappa shape index (κ1) is 18.4. The lowest BCUT2D eigenvalue weighted by Gasteiger charge is -2.28. The maximum atomic E-state index is 11.6. The Morgan fingerprint density at radius 1 is 1.11 bits per heavy atom. The Morgan fingerprint density at radius 2 is 1.63 bits per heavy atom. The van der Waals surface area contributed by atoms with E-state index in [0.29, 0.717) is 6.42 Å². The van der Waals surface area contributed by atoms with Crippen LogP contribution in [0, 0.1) is 5.92 Å². The maximum absolute atomic E-state index is 11.6. The molecule has 0 aromatic heterocycles. The summed E-state index contributed by atoms with van der Waals surface area (Å²) >= 11 is 0. The lowest BCUT2D eigenvalue weighted by atomic mass is 9.94. The van der Waals surface area contributed by atoms with E-state index in [1.807, 2.05) is 13.8 Å². The third kappa shape index (κ3) is 5.52. The molecule has 5 atom stereocenters. The second-order valence-electron chi connectivity index (χ2n) is 4.94. The predicted molar refractivity (Wildman–Crippen MR) is 66.4 cm³/mol. The zero-order valence-corrected chi connectivity index (χ0v) is 11.4. The Morgan fingerprint density at radius 3 is 2.00 bits per heavy atom. The second-order valence-corrected chi connectivity index (χ2v) is 4.94. The van der Waals surface area contributed by atoms with Gasteiger partial charge in [-0.1, -0.05) is 13.8 Å². The van der Waals surface area contributed by atoms with E-state index in [0.717, 1.165) is 0 Å². The summed E-state index contributed by atoms with van der Waals surface area (Å²) in [4.78, 5) is 11.6. The van der Waals surface area contributed by atoms with Crippen LogP contribution in [0.2, 0.25) is 0 Å². The summed E-state index contributed by atoms with van der Waals surface area (Å²) in [5.74, 6) is -0.977. The number of rotatable bonds is 9. The number of hydrogen-bond acceptors (Lipinski definition) is 7. The van der Waals surface area contributed by atoms with Gasteiger partial charge in [0, 0.05) is 7.11 Å². The first-order chi connectivity index (χ1) is 8.76. The van der Waals surface area contributed by atoms with Gasteiger partial charge in [-0.3, -0.25) is 4.79 Å².